The predicted molar refractivity (Wildman–Crippen MR) is 67.9 cm³/mol. The average molecular weight is 244 g/mol. The Morgan fingerprint density at radius 1 is 0.500 bits per heavy atom. The van der Waals surface area contributed by atoms with Gasteiger partial charge >= 0.3 is 0 Å². The summed E-state index contributed by atoms with van der Waals surface area (Å²) < 4.78 is 0. The van der Waals surface area contributed by atoms with E-state index in [9.17, 15) is 9.59 Å². The summed E-state index contributed by atoms with van der Waals surface area (Å²) in [5, 5.41) is 0. The van der Waals surface area contributed by atoms with Crippen LogP contribution in [-0.4, -0.2) is 11.6 Å². The van der Waals surface area contributed by atoms with Crippen LogP contribution in [0.2, 0.25) is 0 Å². The fourth-order valence-electron chi connectivity index (χ4n) is 4.84. The topological polar surface area (TPSA) is 34.1 Å². The van der Waals surface area contributed by atoms with Gasteiger partial charge in [0.15, 0.2) is 11.6 Å². The van der Waals surface area contributed by atoms with Crippen LogP contribution in [-0.2, 0) is 9.59 Å². The van der Waals surface area contributed by atoms with E-state index in [1.54, 1.807) is 0 Å². The van der Waals surface area contributed by atoms with Gasteiger partial charge in [0.1, 0.15) is 0 Å². The number of fused-ring (bicyclic) bond motifs is 6. The van der Waals surface area contributed by atoms with Crippen molar-refractivity contribution >= 4 is 11.6 Å². The van der Waals surface area contributed by atoms with Gasteiger partial charge in [-0.1, -0.05) is 0 Å². The van der Waals surface area contributed by atoms with Gasteiger partial charge in [-0.2, -0.15) is 0 Å². The first-order chi connectivity index (χ1) is 8.75. The Labute approximate surface area is 108 Å². The molecule has 0 spiro atoms. The predicted octanol–water partition coefficient (Wildman–Crippen LogP) is 3.06. The molecule has 2 heteroatoms. The number of carbonyl (C=O) groups excluding carboxylic acids is 2. The third kappa shape index (κ3) is 1.35. The van der Waals surface area contributed by atoms with Crippen molar-refractivity contribution in [1.82, 2.24) is 0 Å². The Hall–Kier alpha value is -0.920. The molecule has 6 rings (SSSR count). The normalized spacial score (nSPS) is 46.9. The number of allylic oxidation sites excluding steroid dienone is 2. The largest absolute Gasteiger partial charge is 0.294 e. The third-order valence-electron chi connectivity index (χ3n) is 5.83. The molecule has 0 amide bonds. The highest BCUT2D eigenvalue weighted by Crippen LogP contribution is 2.50. The Bertz CT molecular complexity index is 402. The van der Waals surface area contributed by atoms with E-state index in [0.717, 1.165) is 62.5 Å². The molecule has 0 aromatic rings. The van der Waals surface area contributed by atoms with Crippen molar-refractivity contribution in [3.63, 3.8) is 0 Å². The molecule has 0 saturated heterocycles. The summed E-state index contributed by atoms with van der Waals surface area (Å²) in [6.45, 7) is 0. The van der Waals surface area contributed by atoms with E-state index in [0.29, 0.717) is 23.4 Å². The van der Waals surface area contributed by atoms with E-state index in [1.165, 1.54) is 0 Å². The third-order valence-corrected chi connectivity index (χ3v) is 5.83. The van der Waals surface area contributed by atoms with E-state index < -0.39 is 0 Å². The molecule has 2 nitrogen and oxygen atoms in total. The van der Waals surface area contributed by atoms with Crippen LogP contribution in [0.5, 0.6) is 0 Å². The van der Waals surface area contributed by atoms with Gasteiger partial charge in [-0.25, -0.2) is 0 Å². The maximum absolute atomic E-state index is 12.5. The van der Waals surface area contributed by atoms with Crippen LogP contribution < -0.4 is 0 Å². The first kappa shape index (κ1) is 11.0. The van der Waals surface area contributed by atoms with Crippen LogP contribution in [0.3, 0.4) is 0 Å². The van der Waals surface area contributed by atoms with Crippen molar-refractivity contribution in [2.75, 3.05) is 0 Å². The number of rotatable bonds is 0. The number of Topliss-reactive ketones (excluding diaryl/α,β-unsaturated/α-hetero) is 2. The molecule has 6 saturated carbocycles. The molecule has 0 aromatic carbocycles. The molecule has 96 valence electrons. The molecule has 6 fully saturated rings. The standard InChI is InChI=1S/C16H20O2/c17-15-11-5-1-9(2-6-11)13(15)14-10-3-7-12(8-4-10)16(14)18/h9-12H,1-8H2/b14-13-. The van der Waals surface area contributed by atoms with Crippen LogP contribution in [0.1, 0.15) is 51.4 Å². The van der Waals surface area contributed by atoms with Crippen LogP contribution in [0.4, 0.5) is 0 Å². The fraction of sp³-hybridized carbons (Fsp3) is 0.750. The van der Waals surface area contributed by atoms with Gasteiger partial charge in [0.25, 0.3) is 0 Å². The molecule has 18 heavy (non-hydrogen) atoms. The summed E-state index contributed by atoms with van der Waals surface area (Å²) in [5.41, 5.74) is 2.02. The highest BCUT2D eigenvalue weighted by atomic mass is 16.1. The second-order valence-electron chi connectivity index (χ2n) is 6.65. The maximum atomic E-state index is 12.5. The number of ketones is 2. The van der Waals surface area contributed by atoms with Gasteiger partial charge < -0.3 is 0 Å². The van der Waals surface area contributed by atoms with Gasteiger partial charge in [-0.15, -0.1) is 0 Å². The van der Waals surface area contributed by atoms with Crippen molar-refractivity contribution in [3.05, 3.63) is 11.1 Å². The molecule has 0 heterocycles. The van der Waals surface area contributed by atoms with Crippen molar-refractivity contribution in [3.8, 4) is 0 Å². The fourth-order valence-corrected chi connectivity index (χ4v) is 4.84. The zero-order valence-electron chi connectivity index (χ0n) is 10.8. The summed E-state index contributed by atoms with van der Waals surface area (Å²) in [5.74, 6) is 2.08. The van der Waals surface area contributed by atoms with Crippen LogP contribution in [0.15, 0.2) is 11.1 Å². The highest BCUT2D eigenvalue weighted by Gasteiger charge is 2.46. The Kier molecular flexibility index (Phi) is 2.30. The smallest absolute Gasteiger partial charge is 0.162 e. The molecule has 0 atom stereocenters. The van der Waals surface area contributed by atoms with Crippen molar-refractivity contribution in [2.45, 2.75) is 51.4 Å². The van der Waals surface area contributed by atoms with Crippen molar-refractivity contribution in [2.24, 2.45) is 23.7 Å². The molecule has 6 aliphatic carbocycles. The molecule has 0 N–H and O–H groups in total. The minimum absolute atomic E-state index is 0.255. The molecular formula is C16H20O2. The second-order valence-corrected chi connectivity index (χ2v) is 6.65. The zero-order valence-corrected chi connectivity index (χ0v) is 10.8. The maximum Gasteiger partial charge on any atom is 0.162 e. The summed E-state index contributed by atoms with van der Waals surface area (Å²) in [6.07, 6.45) is 8.90. The highest BCUT2D eigenvalue weighted by molar-refractivity contribution is 6.10. The Morgan fingerprint density at radius 2 is 0.778 bits per heavy atom. The molecular weight excluding hydrogens is 224 g/mol. The van der Waals surface area contributed by atoms with E-state index >= 15 is 0 Å². The van der Waals surface area contributed by atoms with Gasteiger partial charge in [0, 0.05) is 23.0 Å². The molecule has 6 aliphatic rings. The SMILES string of the molecule is O=C1/C(=C2\C(=O)C3CCC2CC3)C2CCC1CC2. The molecule has 0 aliphatic heterocycles. The van der Waals surface area contributed by atoms with Crippen molar-refractivity contribution < 1.29 is 9.59 Å². The minimum Gasteiger partial charge on any atom is -0.294 e. The minimum atomic E-state index is 0.255. The average Bonchev–Trinajstić information content (AvgIpc) is 2.43. The first-order valence-corrected chi connectivity index (χ1v) is 7.58. The van der Waals surface area contributed by atoms with Crippen LogP contribution in [0.25, 0.3) is 0 Å². The number of hydrogen-bond donors (Lipinski definition) is 0. The zero-order chi connectivity index (χ0) is 12.3. The first-order valence-electron chi connectivity index (χ1n) is 7.58. The van der Waals surface area contributed by atoms with E-state index in [1.807, 2.05) is 0 Å². The lowest BCUT2D eigenvalue weighted by Gasteiger charge is -2.43. The molecule has 0 unspecified atom stereocenters. The lowest BCUT2D eigenvalue weighted by atomic mass is 9.59. The summed E-state index contributed by atoms with van der Waals surface area (Å²) >= 11 is 0. The van der Waals surface area contributed by atoms with Gasteiger partial charge in [-0.05, 0) is 63.2 Å². The van der Waals surface area contributed by atoms with Crippen LogP contribution in [0, 0.1) is 23.7 Å². The van der Waals surface area contributed by atoms with E-state index in [-0.39, 0.29) is 11.8 Å². The summed E-state index contributed by atoms with van der Waals surface area (Å²) in [6, 6.07) is 0. The van der Waals surface area contributed by atoms with E-state index in [2.05, 4.69) is 0 Å². The Balaban J connectivity index is 1.82. The molecule has 0 aromatic heterocycles. The number of hydrogen-bond acceptors (Lipinski definition) is 2. The van der Waals surface area contributed by atoms with Crippen molar-refractivity contribution in [1.29, 1.82) is 0 Å². The second kappa shape index (κ2) is 3.79. The van der Waals surface area contributed by atoms with Gasteiger partial charge in [-0.3, -0.25) is 9.59 Å². The van der Waals surface area contributed by atoms with Gasteiger partial charge in [0.05, 0.1) is 0 Å². The molecule has 0 radical (unpaired) electrons. The molecule has 4 bridgehead atoms. The van der Waals surface area contributed by atoms with Gasteiger partial charge in [0.2, 0.25) is 0 Å². The lowest BCUT2D eigenvalue weighted by Crippen LogP contribution is -2.41. The number of carbonyl (C=O) groups is 2. The Morgan fingerprint density at radius 3 is 1.06 bits per heavy atom. The monoisotopic (exact) mass is 244 g/mol. The lowest BCUT2D eigenvalue weighted by molar-refractivity contribution is -0.127. The quantitative estimate of drug-likeness (QED) is 0.614. The summed E-state index contributed by atoms with van der Waals surface area (Å²) in [7, 11) is 0. The van der Waals surface area contributed by atoms with E-state index in [4.69, 9.17) is 0 Å². The van der Waals surface area contributed by atoms with Crippen LogP contribution >= 0.6 is 0 Å². The summed E-state index contributed by atoms with van der Waals surface area (Å²) in [4.78, 5) is 25.0.